The van der Waals surface area contributed by atoms with E-state index in [0.29, 0.717) is 42.1 Å². The van der Waals surface area contributed by atoms with Gasteiger partial charge in [-0.3, -0.25) is 14.5 Å². The highest BCUT2D eigenvalue weighted by Gasteiger charge is 2.46. The van der Waals surface area contributed by atoms with Gasteiger partial charge in [0.05, 0.1) is 39.7 Å². The number of aryl methyl sites for hydroxylation is 2. The first kappa shape index (κ1) is 32.1. The Hall–Kier alpha value is -2.38. The number of hydrogen-bond acceptors (Lipinski definition) is 7. The van der Waals surface area contributed by atoms with E-state index >= 15 is 0 Å². The number of aromatic nitrogens is 3. The van der Waals surface area contributed by atoms with Gasteiger partial charge >= 0.3 is 6.18 Å². The van der Waals surface area contributed by atoms with Crippen LogP contribution < -0.4 is 10.1 Å². The molecule has 1 saturated carbocycles. The summed E-state index contributed by atoms with van der Waals surface area (Å²) in [5, 5.41) is 17.4. The minimum absolute atomic E-state index is 0.0261. The van der Waals surface area contributed by atoms with Gasteiger partial charge in [-0.05, 0) is 45.4 Å². The van der Waals surface area contributed by atoms with E-state index in [2.05, 4.69) is 15.4 Å². The van der Waals surface area contributed by atoms with E-state index in [0.717, 1.165) is 13.8 Å². The molecule has 2 aromatic rings. The zero-order valence-corrected chi connectivity index (χ0v) is 24.8. The highest BCUT2D eigenvalue weighted by Crippen LogP contribution is 2.42. The lowest BCUT2D eigenvalue weighted by Gasteiger charge is -2.35. The van der Waals surface area contributed by atoms with Crippen molar-refractivity contribution in [2.45, 2.75) is 82.9 Å². The number of sulfone groups is 1. The standard InChI is InChI=1S/C26H36ClF3N4O5S/c1-6-34-22(18-14-31-16(13-19(18)39-4)7-10-24(2,3)26(28,29)30)20(27)21(33-34)23(35)32-15-25(36)11-8-17(9-12-25)40(5,37)38/h13-14,17,36H,6-12,15H2,1-5H3,(H,32,35). The molecule has 2 heterocycles. The third kappa shape index (κ3) is 7.09. The van der Waals surface area contributed by atoms with E-state index < -0.39 is 38.2 Å². The molecular formula is C26H36ClF3N4O5S. The molecule has 0 bridgehead atoms. The molecule has 2 aromatic heterocycles. The number of pyridine rings is 1. The lowest BCUT2D eigenvalue weighted by molar-refractivity contribution is -0.213. The summed E-state index contributed by atoms with van der Waals surface area (Å²) >= 11 is 6.62. The van der Waals surface area contributed by atoms with Crippen molar-refractivity contribution in [3.63, 3.8) is 0 Å². The topological polar surface area (TPSA) is 123 Å². The van der Waals surface area contributed by atoms with E-state index in [1.165, 1.54) is 24.2 Å². The van der Waals surface area contributed by atoms with Crippen LogP contribution in [0.2, 0.25) is 5.02 Å². The molecule has 0 unspecified atom stereocenters. The molecular weight excluding hydrogens is 573 g/mol. The van der Waals surface area contributed by atoms with Crippen molar-refractivity contribution >= 4 is 27.3 Å². The van der Waals surface area contributed by atoms with Crippen LogP contribution in [0.15, 0.2) is 12.3 Å². The number of ether oxygens (including phenoxy) is 1. The van der Waals surface area contributed by atoms with Gasteiger partial charge in [0.15, 0.2) is 5.69 Å². The summed E-state index contributed by atoms with van der Waals surface area (Å²) in [4.78, 5) is 17.4. The number of halogens is 4. The number of nitrogens with zero attached hydrogens (tertiary/aromatic N) is 3. The Kier molecular flexibility index (Phi) is 9.52. The maximum atomic E-state index is 13.3. The number of hydrogen-bond donors (Lipinski definition) is 2. The van der Waals surface area contributed by atoms with Crippen molar-refractivity contribution in [3.8, 4) is 17.0 Å². The van der Waals surface area contributed by atoms with E-state index in [9.17, 15) is 31.5 Å². The lowest BCUT2D eigenvalue weighted by atomic mass is 9.84. The van der Waals surface area contributed by atoms with E-state index in [1.54, 1.807) is 13.0 Å². The van der Waals surface area contributed by atoms with Gasteiger partial charge in [0.1, 0.15) is 15.6 Å². The van der Waals surface area contributed by atoms with E-state index in [4.69, 9.17) is 16.3 Å². The summed E-state index contributed by atoms with van der Waals surface area (Å²) in [5.41, 5.74) is -2.03. The summed E-state index contributed by atoms with van der Waals surface area (Å²) < 4.78 is 70.4. The predicted molar refractivity (Wildman–Crippen MR) is 145 cm³/mol. The third-order valence-electron chi connectivity index (χ3n) is 7.63. The minimum Gasteiger partial charge on any atom is -0.496 e. The minimum atomic E-state index is -4.35. The molecule has 1 aliphatic carbocycles. The van der Waals surface area contributed by atoms with Crippen LogP contribution in [0.1, 0.15) is 69.1 Å². The van der Waals surface area contributed by atoms with Crippen molar-refractivity contribution in [1.82, 2.24) is 20.1 Å². The Morgan fingerprint density at radius 2 is 1.93 bits per heavy atom. The van der Waals surface area contributed by atoms with Crippen molar-refractivity contribution in [1.29, 1.82) is 0 Å². The summed E-state index contributed by atoms with van der Waals surface area (Å²) in [6, 6.07) is 1.55. The molecule has 0 radical (unpaired) electrons. The first-order chi connectivity index (χ1) is 18.4. The van der Waals surface area contributed by atoms with Crippen LogP contribution in [-0.4, -0.2) is 71.1 Å². The van der Waals surface area contributed by atoms with E-state index in [-0.39, 0.29) is 42.9 Å². The van der Waals surface area contributed by atoms with Gasteiger partial charge in [-0.15, -0.1) is 0 Å². The van der Waals surface area contributed by atoms with Gasteiger partial charge in [0, 0.05) is 37.3 Å². The van der Waals surface area contributed by atoms with Crippen LogP contribution in [0.4, 0.5) is 13.2 Å². The van der Waals surface area contributed by atoms with Crippen molar-refractivity contribution in [2.24, 2.45) is 5.41 Å². The monoisotopic (exact) mass is 608 g/mol. The van der Waals surface area contributed by atoms with Gasteiger partial charge in [-0.2, -0.15) is 18.3 Å². The van der Waals surface area contributed by atoms with Crippen LogP contribution in [0.25, 0.3) is 11.3 Å². The summed E-state index contributed by atoms with van der Waals surface area (Å²) in [7, 11) is -1.79. The molecule has 0 atom stereocenters. The molecule has 1 amide bonds. The average molecular weight is 609 g/mol. The number of amides is 1. The number of carbonyl (C=O) groups is 1. The van der Waals surface area contributed by atoms with Gasteiger partial charge in [-0.25, -0.2) is 8.42 Å². The fourth-order valence-electron chi connectivity index (χ4n) is 4.68. The fraction of sp³-hybridized carbons (Fsp3) is 0.654. The number of rotatable bonds is 10. The van der Waals surface area contributed by atoms with Crippen molar-refractivity contribution < 1.29 is 36.2 Å². The van der Waals surface area contributed by atoms with Gasteiger partial charge in [0.2, 0.25) is 0 Å². The summed E-state index contributed by atoms with van der Waals surface area (Å²) in [6.07, 6.45) is -0.759. The molecule has 0 spiro atoms. The molecule has 0 aromatic carbocycles. The Balaban J connectivity index is 1.79. The summed E-state index contributed by atoms with van der Waals surface area (Å²) in [6.45, 7) is 4.32. The first-order valence-electron chi connectivity index (χ1n) is 13.0. The Morgan fingerprint density at radius 3 is 2.45 bits per heavy atom. The predicted octanol–water partition coefficient (Wildman–Crippen LogP) is 4.60. The van der Waals surface area contributed by atoms with Gasteiger partial charge in [-0.1, -0.05) is 25.4 Å². The molecule has 40 heavy (non-hydrogen) atoms. The Bertz CT molecular complexity index is 1340. The van der Waals surface area contributed by atoms with E-state index in [1.807, 2.05) is 0 Å². The van der Waals surface area contributed by atoms with Crippen LogP contribution in [-0.2, 0) is 22.8 Å². The molecule has 14 heteroatoms. The number of methoxy groups -OCH3 is 1. The van der Waals surface area contributed by atoms with Crippen LogP contribution in [0, 0.1) is 5.41 Å². The second-order valence-corrected chi connectivity index (χ2v) is 13.7. The number of aliphatic hydroxyl groups is 1. The Morgan fingerprint density at radius 1 is 1.30 bits per heavy atom. The second-order valence-electron chi connectivity index (χ2n) is 11.0. The average Bonchev–Trinajstić information content (AvgIpc) is 3.21. The molecule has 9 nitrogen and oxygen atoms in total. The fourth-order valence-corrected chi connectivity index (χ4v) is 6.09. The number of nitrogens with one attached hydrogen (secondary N) is 1. The lowest BCUT2D eigenvalue weighted by Crippen LogP contribution is -2.47. The normalized spacial score (nSPS) is 20.4. The third-order valence-corrected chi connectivity index (χ3v) is 9.67. The largest absolute Gasteiger partial charge is 0.496 e. The number of alkyl halides is 3. The highest BCUT2D eigenvalue weighted by molar-refractivity contribution is 7.91. The van der Waals surface area contributed by atoms with Crippen molar-refractivity contribution in [2.75, 3.05) is 19.9 Å². The van der Waals surface area contributed by atoms with Crippen molar-refractivity contribution in [3.05, 3.63) is 28.7 Å². The maximum absolute atomic E-state index is 13.3. The zero-order valence-electron chi connectivity index (χ0n) is 23.2. The highest BCUT2D eigenvalue weighted by atomic mass is 35.5. The first-order valence-corrected chi connectivity index (χ1v) is 15.3. The maximum Gasteiger partial charge on any atom is 0.393 e. The Labute approximate surface area is 237 Å². The second kappa shape index (κ2) is 11.8. The van der Waals surface area contributed by atoms with Crippen LogP contribution in [0.3, 0.4) is 0 Å². The molecule has 224 valence electrons. The molecule has 3 rings (SSSR count). The quantitative estimate of drug-likeness (QED) is 0.404. The smallest absolute Gasteiger partial charge is 0.393 e. The zero-order chi connectivity index (χ0) is 30.1. The van der Waals surface area contributed by atoms with Crippen LogP contribution in [0.5, 0.6) is 5.75 Å². The SMILES string of the molecule is CCn1nc(C(=O)NCC2(O)CCC(S(C)(=O)=O)CC2)c(Cl)c1-c1cnc(CCC(C)(C)C(F)(F)F)cc1OC. The molecule has 0 aliphatic heterocycles. The molecule has 1 fully saturated rings. The summed E-state index contributed by atoms with van der Waals surface area (Å²) in [5.74, 6) is -0.301. The molecule has 1 aliphatic rings. The molecule has 0 saturated heterocycles. The van der Waals surface area contributed by atoms with Gasteiger partial charge < -0.3 is 15.2 Å². The number of carbonyl (C=O) groups excluding carboxylic acids is 1. The van der Waals surface area contributed by atoms with Gasteiger partial charge in [0.25, 0.3) is 5.91 Å². The molecule has 2 N–H and O–H groups in total. The van der Waals surface area contributed by atoms with Crippen LogP contribution >= 0.6 is 11.6 Å².